The molecule has 5 nitrogen and oxygen atoms in total. The van der Waals surface area contributed by atoms with Crippen molar-refractivity contribution in [2.45, 2.75) is 12.8 Å². The molecule has 2 amide bonds. The first-order valence-electron chi connectivity index (χ1n) is 8.07. The summed E-state index contributed by atoms with van der Waals surface area (Å²) in [5.41, 5.74) is 0.716. The zero-order valence-corrected chi connectivity index (χ0v) is 12.8. The lowest BCUT2D eigenvalue weighted by Gasteiger charge is -2.35. The fourth-order valence-corrected chi connectivity index (χ4v) is 2.74. The molecular weight excluding hydrogens is 278 g/mol. The van der Waals surface area contributed by atoms with Crippen LogP contribution in [0.3, 0.4) is 0 Å². The number of benzene rings is 1. The zero-order chi connectivity index (χ0) is 15.4. The van der Waals surface area contributed by atoms with Crippen LogP contribution in [0, 0.1) is 5.92 Å². The van der Waals surface area contributed by atoms with Gasteiger partial charge < -0.3 is 15.1 Å². The van der Waals surface area contributed by atoms with E-state index in [1.54, 1.807) is 0 Å². The Morgan fingerprint density at radius 3 is 2.27 bits per heavy atom. The first-order chi connectivity index (χ1) is 10.7. The molecular formula is C17H23N3O2. The van der Waals surface area contributed by atoms with Gasteiger partial charge in [0.2, 0.25) is 5.91 Å². The van der Waals surface area contributed by atoms with Crippen LogP contribution in [-0.2, 0) is 4.79 Å². The van der Waals surface area contributed by atoms with E-state index in [2.05, 4.69) is 5.32 Å². The van der Waals surface area contributed by atoms with Crippen molar-refractivity contribution in [3.8, 4) is 0 Å². The Bertz CT molecular complexity index is 520. The van der Waals surface area contributed by atoms with Gasteiger partial charge in [0.15, 0.2) is 0 Å². The maximum Gasteiger partial charge on any atom is 0.253 e. The van der Waals surface area contributed by atoms with Crippen molar-refractivity contribution in [1.29, 1.82) is 0 Å². The molecule has 1 aliphatic carbocycles. The van der Waals surface area contributed by atoms with Crippen molar-refractivity contribution in [3.63, 3.8) is 0 Å². The lowest BCUT2D eigenvalue weighted by molar-refractivity contribution is -0.131. The molecule has 0 bridgehead atoms. The van der Waals surface area contributed by atoms with Crippen LogP contribution in [0.4, 0.5) is 0 Å². The van der Waals surface area contributed by atoms with Gasteiger partial charge in [0.1, 0.15) is 0 Å². The maximum absolute atomic E-state index is 12.3. The van der Waals surface area contributed by atoms with E-state index in [0.717, 1.165) is 12.5 Å². The molecule has 0 unspecified atom stereocenters. The Morgan fingerprint density at radius 1 is 1.00 bits per heavy atom. The molecule has 0 atom stereocenters. The highest BCUT2D eigenvalue weighted by molar-refractivity contribution is 5.94. The summed E-state index contributed by atoms with van der Waals surface area (Å²) in [4.78, 5) is 28.1. The first kappa shape index (κ1) is 15.0. The Hall–Kier alpha value is -1.88. The minimum atomic E-state index is 0.0551. The number of carbonyl (C=O) groups excluding carboxylic acids is 2. The molecule has 1 aromatic rings. The Balaban J connectivity index is 1.43. The second-order valence-corrected chi connectivity index (χ2v) is 6.11. The summed E-state index contributed by atoms with van der Waals surface area (Å²) in [7, 11) is 0. The molecule has 22 heavy (non-hydrogen) atoms. The van der Waals surface area contributed by atoms with Gasteiger partial charge in [0.25, 0.3) is 5.91 Å². The van der Waals surface area contributed by atoms with Crippen molar-refractivity contribution in [1.82, 2.24) is 15.1 Å². The summed E-state index contributed by atoms with van der Waals surface area (Å²) in [5, 5.41) is 3.23. The summed E-state index contributed by atoms with van der Waals surface area (Å²) >= 11 is 0. The highest BCUT2D eigenvalue weighted by atomic mass is 16.2. The Labute approximate surface area is 131 Å². The standard InChI is InChI=1S/C17H23N3O2/c21-16(13-18-12-14-6-7-14)19-8-10-20(11-9-19)17(22)15-4-2-1-3-5-15/h1-5,14,18H,6-13H2. The molecule has 5 heteroatoms. The van der Waals surface area contributed by atoms with Gasteiger partial charge in [-0.3, -0.25) is 9.59 Å². The first-order valence-corrected chi connectivity index (χ1v) is 8.07. The molecule has 1 aromatic carbocycles. The van der Waals surface area contributed by atoms with Gasteiger partial charge in [-0.2, -0.15) is 0 Å². The minimum absolute atomic E-state index is 0.0551. The van der Waals surface area contributed by atoms with E-state index in [0.29, 0.717) is 38.3 Å². The van der Waals surface area contributed by atoms with Gasteiger partial charge >= 0.3 is 0 Å². The third-order valence-electron chi connectivity index (χ3n) is 4.35. The van der Waals surface area contributed by atoms with Gasteiger partial charge in [-0.1, -0.05) is 18.2 Å². The van der Waals surface area contributed by atoms with Crippen LogP contribution in [0.2, 0.25) is 0 Å². The topological polar surface area (TPSA) is 52.7 Å². The fraction of sp³-hybridized carbons (Fsp3) is 0.529. The van der Waals surface area contributed by atoms with Crippen LogP contribution in [0.25, 0.3) is 0 Å². The molecule has 1 saturated carbocycles. The maximum atomic E-state index is 12.3. The third kappa shape index (κ3) is 3.85. The largest absolute Gasteiger partial charge is 0.338 e. The number of nitrogens with one attached hydrogen (secondary N) is 1. The van der Waals surface area contributed by atoms with Gasteiger partial charge in [-0.25, -0.2) is 0 Å². The quantitative estimate of drug-likeness (QED) is 0.882. The van der Waals surface area contributed by atoms with E-state index in [9.17, 15) is 9.59 Å². The van der Waals surface area contributed by atoms with Crippen LogP contribution in [-0.4, -0.2) is 60.9 Å². The average Bonchev–Trinajstić information content (AvgIpc) is 3.39. The van der Waals surface area contributed by atoms with Crippen LogP contribution in [0.1, 0.15) is 23.2 Å². The number of rotatable bonds is 5. The number of amides is 2. The second kappa shape index (κ2) is 6.92. The normalized spacial score (nSPS) is 18.4. The minimum Gasteiger partial charge on any atom is -0.338 e. The monoisotopic (exact) mass is 301 g/mol. The van der Waals surface area contributed by atoms with Crippen LogP contribution in [0.15, 0.2) is 30.3 Å². The number of piperazine rings is 1. The molecule has 0 aromatic heterocycles. The lowest BCUT2D eigenvalue weighted by Crippen LogP contribution is -2.52. The second-order valence-electron chi connectivity index (χ2n) is 6.11. The highest BCUT2D eigenvalue weighted by Gasteiger charge is 2.25. The predicted molar refractivity (Wildman–Crippen MR) is 84.5 cm³/mol. The highest BCUT2D eigenvalue weighted by Crippen LogP contribution is 2.27. The van der Waals surface area contributed by atoms with Crippen molar-refractivity contribution in [2.24, 2.45) is 5.92 Å². The molecule has 1 N–H and O–H groups in total. The van der Waals surface area contributed by atoms with Crippen molar-refractivity contribution < 1.29 is 9.59 Å². The van der Waals surface area contributed by atoms with E-state index in [-0.39, 0.29) is 11.8 Å². The third-order valence-corrected chi connectivity index (χ3v) is 4.35. The molecule has 2 aliphatic rings. The van der Waals surface area contributed by atoms with Crippen molar-refractivity contribution in [2.75, 3.05) is 39.3 Å². The van der Waals surface area contributed by atoms with Crippen LogP contribution >= 0.6 is 0 Å². The van der Waals surface area contributed by atoms with Gasteiger partial charge in [0, 0.05) is 31.7 Å². The summed E-state index contributed by atoms with van der Waals surface area (Å²) in [6.07, 6.45) is 2.59. The van der Waals surface area contributed by atoms with Crippen molar-refractivity contribution >= 4 is 11.8 Å². The van der Waals surface area contributed by atoms with Crippen molar-refractivity contribution in [3.05, 3.63) is 35.9 Å². The number of nitrogens with zero attached hydrogens (tertiary/aromatic N) is 2. The number of carbonyl (C=O) groups is 2. The summed E-state index contributed by atoms with van der Waals surface area (Å²) in [6.45, 7) is 3.86. The van der Waals surface area contributed by atoms with Gasteiger partial charge in [-0.05, 0) is 37.4 Å². The molecule has 2 fully saturated rings. The molecule has 3 rings (SSSR count). The Kier molecular flexibility index (Phi) is 4.73. The average molecular weight is 301 g/mol. The van der Waals surface area contributed by atoms with E-state index < -0.39 is 0 Å². The van der Waals surface area contributed by atoms with Gasteiger partial charge in [-0.15, -0.1) is 0 Å². The lowest BCUT2D eigenvalue weighted by atomic mass is 10.2. The van der Waals surface area contributed by atoms with E-state index >= 15 is 0 Å². The summed E-state index contributed by atoms with van der Waals surface area (Å²) < 4.78 is 0. The predicted octanol–water partition coefficient (Wildman–Crippen LogP) is 0.971. The summed E-state index contributed by atoms with van der Waals surface area (Å²) in [5.74, 6) is 0.986. The molecule has 1 heterocycles. The molecule has 1 saturated heterocycles. The van der Waals surface area contributed by atoms with E-state index in [4.69, 9.17) is 0 Å². The summed E-state index contributed by atoms with van der Waals surface area (Å²) in [6, 6.07) is 9.32. The van der Waals surface area contributed by atoms with E-state index in [1.165, 1.54) is 12.8 Å². The number of hydrogen-bond donors (Lipinski definition) is 1. The Morgan fingerprint density at radius 2 is 1.64 bits per heavy atom. The van der Waals surface area contributed by atoms with Crippen LogP contribution in [0.5, 0.6) is 0 Å². The molecule has 0 spiro atoms. The molecule has 118 valence electrons. The fourth-order valence-electron chi connectivity index (χ4n) is 2.74. The SMILES string of the molecule is O=C(CNCC1CC1)N1CCN(C(=O)c2ccccc2)CC1. The van der Waals surface area contributed by atoms with Crippen LogP contribution < -0.4 is 5.32 Å². The smallest absolute Gasteiger partial charge is 0.253 e. The number of hydrogen-bond acceptors (Lipinski definition) is 3. The zero-order valence-electron chi connectivity index (χ0n) is 12.8. The van der Waals surface area contributed by atoms with Gasteiger partial charge in [0.05, 0.1) is 6.54 Å². The van der Waals surface area contributed by atoms with E-state index in [1.807, 2.05) is 40.1 Å². The molecule has 0 radical (unpaired) electrons. The molecule has 1 aliphatic heterocycles.